The van der Waals surface area contributed by atoms with Crippen molar-refractivity contribution < 1.29 is 14.5 Å². The molecule has 7 nitrogen and oxygen atoms in total. The fourth-order valence-corrected chi connectivity index (χ4v) is 2.59. The van der Waals surface area contributed by atoms with Crippen molar-refractivity contribution >= 4 is 29.4 Å². The summed E-state index contributed by atoms with van der Waals surface area (Å²) in [5.74, 6) is 0.319. The van der Waals surface area contributed by atoms with Crippen molar-refractivity contribution in [2.45, 2.75) is 32.6 Å². The highest BCUT2D eigenvalue weighted by Crippen LogP contribution is 2.24. The van der Waals surface area contributed by atoms with Gasteiger partial charge in [-0.3, -0.25) is 14.9 Å². The summed E-state index contributed by atoms with van der Waals surface area (Å²) in [7, 11) is 0. The largest absolute Gasteiger partial charge is 0.494 e. The molecule has 0 atom stereocenters. The molecule has 2 aromatic carbocycles. The van der Waals surface area contributed by atoms with Crippen LogP contribution in [-0.4, -0.2) is 23.7 Å². The van der Waals surface area contributed by atoms with Crippen molar-refractivity contribution in [1.29, 1.82) is 0 Å². The number of nitro benzene ring substituents is 1. The molecule has 0 spiro atoms. The van der Waals surface area contributed by atoms with Crippen LogP contribution in [0, 0.1) is 10.1 Å². The van der Waals surface area contributed by atoms with Crippen molar-refractivity contribution in [2.75, 3.05) is 6.61 Å². The van der Waals surface area contributed by atoms with Crippen LogP contribution in [0.1, 0.15) is 48.5 Å². The number of unbranched alkanes of at least 4 members (excludes halogenated alkanes) is 3. The van der Waals surface area contributed by atoms with Gasteiger partial charge in [0.25, 0.3) is 11.6 Å². The lowest BCUT2D eigenvalue weighted by Gasteiger charge is -2.06. The molecule has 148 valence electrons. The Balaban J connectivity index is 1.86. The third kappa shape index (κ3) is 6.66. The Hall–Kier alpha value is -2.93. The number of hydrazone groups is 1. The Bertz CT molecular complexity index is 838. The number of carbonyl (C=O) groups excluding carboxylic acids is 1. The minimum absolute atomic E-state index is 0.0406. The molecule has 28 heavy (non-hydrogen) atoms. The van der Waals surface area contributed by atoms with Gasteiger partial charge in [0.05, 0.1) is 17.7 Å². The minimum Gasteiger partial charge on any atom is -0.494 e. The SMILES string of the molecule is CCCCCCOc1ccc(C(=O)N/N=C/c2ccc(Cl)c([N+](=O)[O-])c2)cc1. The Kier molecular flexibility index (Phi) is 8.42. The normalized spacial score (nSPS) is 10.8. The number of halogens is 1. The number of hydrogen-bond donors (Lipinski definition) is 1. The lowest BCUT2D eigenvalue weighted by atomic mass is 10.2. The number of nitrogens with one attached hydrogen (secondary N) is 1. The number of ether oxygens (including phenoxy) is 1. The predicted octanol–water partition coefficient (Wildman–Crippen LogP) is 4.97. The van der Waals surface area contributed by atoms with Crippen LogP contribution in [0.25, 0.3) is 0 Å². The number of rotatable bonds is 10. The fourth-order valence-electron chi connectivity index (χ4n) is 2.40. The first-order valence-electron chi connectivity index (χ1n) is 9.01. The van der Waals surface area contributed by atoms with Gasteiger partial charge in [0.1, 0.15) is 10.8 Å². The second-order valence-electron chi connectivity index (χ2n) is 6.10. The van der Waals surface area contributed by atoms with E-state index < -0.39 is 10.8 Å². The molecule has 0 aliphatic carbocycles. The van der Waals surface area contributed by atoms with Gasteiger partial charge in [-0.1, -0.05) is 43.9 Å². The van der Waals surface area contributed by atoms with Crippen LogP contribution >= 0.6 is 11.6 Å². The highest BCUT2D eigenvalue weighted by molar-refractivity contribution is 6.32. The predicted molar refractivity (Wildman–Crippen MR) is 109 cm³/mol. The molecule has 0 saturated heterocycles. The van der Waals surface area contributed by atoms with E-state index in [0.29, 0.717) is 23.5 Å². The van der Waals surface area contributed by atoms with E-state index in [4.69, 9.17) is 16.3 Å². The van der Waals surface area contributed by atoms with Crippen LogP contribution in [0.2, 0.25) is 5.02 Å². The Labute approximate surface area is 168 Å². The van der Waals surface area contributed by atoms with Crippen LogP contribution < -0.4 is 10.2 Å². The standard InChI is InChI=1S/C20H22ClN3O4/c1-2-3-4-5-12-28-17-9-7-16(8-10-17)20(25)23-22-14-15-6-11-18(21)19(13-15)24(26)27/h6-11,13-14H,2-5,12H2,1H3,(H,23,25)/b22-14+. The average molecular weight is 404 g/mol. The van der Waals surface area contributed by atoms with Gasteiger partial charge in [-0.25, -0.2) is 5.43 Å². The number of carbonyl (C=O) groups is 1. The lowest BCUT2D eigenvalue weighted by Crippen LogP contribution is -2.17. The number of nitro groups is 1. The van der Waals surface area contributed by atoms with Gasteiger partial charge >= 0.3 is 0 Å². The van der Waals surface area contributed by atoms with Crippen LogP contribution in [0.3, 0.4) is 0 Å². The molecule has 8 heteroatoms. The van der Waals surface area contributed by atoms with E-state index in [-0.39, 0.29) is 10.7 Å². The van der Waals surface area contributed by atoms with Gasteiger partial charge in [-0.05, 0) is 36.8 Å². The van der Waals surface area contributed by atoms with E-state index >= 15 is 0 Å². The van der Waals surface area contributed by atoms with Crippen molar-refractivity contribution in [3.8, 4) is 5.75 Å². The van der Waals surface area contributed by atoms with Gasteiger partial charge < -0.3 is 4.74 Å². The Morgan fingerprint density at radius 2 is 1.96 bits per heavy atom. The van der Waals surface area contributed by atoms with E-state index in [1.54, 1.807) is 30.3 Å². The maximum Gasteiger partial charge on any atom is 0.288 e. The third-order valence-corrected chi connectivity index (χ3v) is 4.25. The molecule has 0 radical (unpaired) electrons. The number of amides is 1. The quantitative estimate of drug-likeness (QED) is 0.262. The van der Waals surface area contributed by atoms with Crippen LogP contribution in [0.5, 0.6) is 5.75 Å². The summed E-state index contributed by atoms with van der Waals surface area (Å²) in [6.45, 7) is 2.82. The molecule has 0 bridgehead atoms. The minimum atomic E-state index is -0.578. The summed E-state index contributed by atoms with van der Waals surface area (Å²) in [4.78, 5) is 22.4. The molecule has 2 rings (SSSR count). The smallest absolute Gasteiger partial charge is 0.288 e. The second kappa shape index (κ2) is 11.0. The first kappa shape index (κ1) is 21.4. The van der Waals surface area contributed by atoms with Gasteiger partial charge in [-0.2, -0.15) is 5.10 Å². The molecule has 0 aliphatic rings. The molecule has 0 heterocycles. The summed E-state index contributed by atoms with van der Waals surface area (Å²) >= 11 is 5.76. The zero-order valence-corrected chi connectivity index (χ0v) is 16.3. The van der Waals surface area contributed by atoms with Crippen LogP contribution in [0.15, 0.2) is 47.6 Å². The number of nitrogens with zero attached hydrogens (tertiary/aromatic N) is 2. The second-order valence-corrected chi connectivity index (χ2v) is 6.51. The fraction of sp³-hybridized carbons (Fsp3) is 0.300. The molecule has 2 aromatic rings. The van der Waals surface area contributed by atoms with Gasteiger partial charge in [-0.15, -0.1) is 0 Å². The first-order chi connectivity index (χ1) is 13.5. The zero-order chi connectivity index (χ0) is 20.4. The monoisotopic (exact) mass is 403 g/mol. The Morgan fingerprint density at radius 1 is 1.21 bits per heavy atom. The van der Waals surface area contributed by atoms with Crippen LogP contribution in [0.4, 0.5) is 5.69 Å². The van der Waals surface area contributed by atoms with E-state index in [1.807, 2.05) is 0 Å². The molecule has 0 aliphatic heterocycles. The number of benzene rings is 2. The zero-order valence-electron chi connectivity index (χ0n) is 15.6. The van der Waals surface area contributed by atoms with E-state index in [9.17, 15) is 14.9 Å². The van der Waals surface area contributed by atoms with E-state index in [2.05, 4.69) is 17.5 Å². The van der Waals surface area contributed by atoms with Crippen molar-refractivity contribution in [1.82, 2.24) is 5.43 Å². The molecule has 0 fully saturated rings. The molecule has 0 unspecified atom stereocenters. The summed E-state index contributed by atoms with van der Waals surface area (Å²) in [5.41, 5.74) is 3.04. The molecule has 0 aromatic heterocycles. The van der Waals surface area contributed by atoms with Gasteiger partial charge in [0.2, 0.25) is 0 Å². The molecular weight excluding hydrogens is 382 g/mol. The number of hydrogen-bond acceptors (Lipinski definition) is 5. The highest BCUT2D eigenvalue weighted by atomic mass is 35.5. The van der Waals surface area contributed by atoms with Crippen molar-refractivity contribution in [2.24, 2.45) is 5.10 Å². The lowest BCUT2D eigenvalue weighted by molar-refractivity contribution is -0.384. The van der Waals surface area contributed by atoms with E-state index in [0.717, 1.165) is 12.8 Å². The molecule has 0 saturated carbocycles. The highest BCUT2D eigenvalue weighted by Gasteiger charge is 2.12. The summed E-state index contributed by atoms with van der Waals surface area (Å²) < 4.78 is 5.64. The summed E-state index contributed by atoms with van der Waals surface area (Å²) in [6.07, 6.45) is 5.85. The maximum absolute atomic E-state index is 12.1. The molecular formula is C20H22ClN3O4. The maximum atomic E-state index is 12.1. The molecule has 1 amide bonds. The summed E-state index contributed by atoms with van der Waals surface area (Å²) in [6, 6.07) is 11.0. The third-order valence-electron chi connectivity index (χ3n) is 3.93. The topological polar surface area (TPSA) is 93.8 Å². The van der Waals surface area contributed by atoms with Crippen molar-refractivity contribution in [3.05, 3.63) is 68.7 Å². The average Bonchev–Trinajstić information content (AvgIpc) is 2.69. The van der Waals surface area contributed by atoms with Crippen LogP contribution in [-0.2, 0) is 0 Å². The Morgan fingerprint density at radius 3 is 2.64 bits per heavy atom. The molecule has 1 N–H and O–H groups in total. The van der Waals surface area contributed by atoms with Gasteiger partial charge in [0.15, 0.2) is 0 Å². The first-order valence-corrected chi connectivity index (χ1v) is 9.39. The van der Waals surface area contributed by atoms with Gasteiger partial charge in [0, 0.05) is 17.2 Å². The van der Waals surface area contributed by atoms with E-state index in [1.165, 1.54) is 31.2 Å². The van der Waals surface area contributed by atoms with Crippen molar-refractivity contribution in [3.63, 3.8) is 0 Å². The summed E-state index contributed by atoms with van der Waals surface area (Å²) in [5, 5.41) is 14.7.